The summed E-state index contributed by atoms with van der Waals surface area (Å²) in [5, 5.41) is 3.98. The SMILES string of the molecule is CN(Cc1cc(-c2ccccc2)no1)S(=O)(=O)CCC1CCS(=O)(=O)C1. The molecular weight excluding hydrogens is 376 g/mol. The summed E-state index contributed by atoms with van der Waals surface area (Å²) in [6, 6.07) is 11.2. The predicted molar refractivity (Wildman–Crippen MR) is 98.6 cm³/mol. The molecule has 1 saturated heterocycles. The summed E-state index contributed by atoms with van der Waals surface area (Å²) in [4.78, 5) is 0. The number of hydrogen-bond donors (Lipinski definition) is 0. The second-order valence-corrected chi connectivity index (χ2v) is 11.1. The standard InChI is InChI=1S/C17H22N2O5S2/c1-19(26(22,23)10-8-14-7-9-25(20,21)13-14)12-16-11-17(18-24-16)15-5-3-2-4-6-15/h2-6,11,14H,7-10,12-13H2,1H3. The van der Waals surface area contributed by atoms with E-state index in [0.29, 0.717) is 24.3 Å². The van der Waals surface area contributed by atoms with E-state index in [1.54, 1.807) is 6.07 Å². The molecule has 1 aromatic heterocycles. The molecule has 0 saturated carbocycles. The molecule has 0 aliphatic carbocycles. The first kappa shape index (κ1) is 19.1. The average molecular weight is 399 g/mol. The van der Waals surface area contributed by atoms with Crippen LogP contribution in [-0.4, -0.2) is 50.6 Å². The van der Waals surface area contributed by atoms with E-state index < -0.39 is 19.9 Å². The van der Waals surface area contributed by atoms with E-state index in [4.69, 9.17) is 4.52 Å². The van der Waals surface area contributed by atoms with Gasteiger partial charge in [0.2, 0.25) is 10.0 Å². The quantitative estimate of drug-likeness (QED) is 0.707. The van der Waals surface area contributed by atoms with E-state index >= 15 is 0 Å². The maximum absolute atomic E-state index is 12.4. The Morgan fingerprint density at radius 2 is 2.00 bits per heavy atom. The molecule has 0 spiro atoms. The third-order valence-corrected chi connectivity index (χ3v) is 8.26. The molecule has 7 nitrogen and oxygen atoms in total. The minimum Gasteiger partial charge on any atom is -0.359 e. The Bertz CT molecular complexity index is 952. The van der Waals surface area contributed by atoms with Crippen molar-refractivity contribution in [1.29, 1.82) is 0 Å². The van der Waals surface area contributed by atoms with Gasteiger partial charge in [0.15, 0.2) is 15.6 Å². The van der Waals surface area contributed by atoms with Crippen LogP contribution in [0.5, 0.6) is 0 Å². The van der Waals surface area contributed by atoms with Crippen LogP contribution in [0.3, 0.4) is 0 Å². The molecule has 0 bridgehead atoms. The lowest BCUT2D eigenvalue weighted by molar-refractivity contribution is 0.343. The largest absolute Gasteiger partial charge is 0.359 e. The smallest absolute Gasteiger partial charge is 0.214 e. The van der Waals surface area contributed by atoms with Crippen LogP contribution >= 0.6 is 0 Å². The fourth-order valence-electron chi connectivity index (χ4n) is 3.02. The average Bonchev–Trinajstić information content (AvgIpc) is 3.20. The molecule has 1 aromatic carbocycles. The van der Waals surface area contributed by atoms with E-state index in [1.807, 2.05) is 30.3 Å². The highest BCUT2D eigenvalue weighted by Crippen LogP contribution is 2.23. The first-order chi connectivity index (χ1) is 12.3. The molecule has 9 heteroatoms. The fraction of sp³-hybridized carbons (Fsp3) is 0.471. The third-order valence-electron chi connectivity index (χ3n) is 4.59. The number of benzene rings is 1. The normalized spacial score (nSPS) is 19.8. The van der Waals surface area contributed by atoms with Crippen molar-refractivity contribution in [2.75, 3.05) is 24.3 Å². The predicted octanol–water partition coefficient (Wildman–Crippen LogP) is 1.93. The Morgan fingerprint density at radius 1 is 1.27 bits per heavy atom. The summed E-state index contributed by atoms with van der Waals surface area (Å²) in [5.74, 6) is 0.572. The van der Waals surface area contributed by atoms with Gasteiger partial charge < -0.3 is 4.52 Å². The molecule has 1 unspecified atom stereocenters. The Balaban J connectivity index is 1.58. The summed E-state index contributed by atoms with van der Waals surface area (Å²) in [6.07, 6.45) is 0.904. The summed E-state index contributed by atoms with van der Waals surface area (Å²) in [7, 11) is -4.98. The van der Waals surface area contributed by atoms with Gasteiger partial charge in [-0.15, -0.1) is 0 Å². The second-order valence-electron chi connectivity index (χ2n) is 6.67. The van der Waals surface area contributed by atoms with Crippen molar-refractivity contribution in [3.8, 4) is 11.3 Å². The summed E-state index contributed by atoms with van der Waals surface area (Å²) >= 11 is 0. The molecule has 1 atom stereocenters. The topological polar surface area (TPSA) is 97.6 Å². The maximum atomic E-state index is 12.4. The van der Waals surface area contributed by atoms with Crippen LogP contribution in [0.2, 0.25) is 0 Å². The first-order valence-corrected chi connectivity index (χ1v) is 11.8. The number of aromatic nitrogens is 1. The number of rotatable bonds is 7. The van der Waals surface area contributed by atoms with Crippen molar-refractivity contribution in [3.05, 3.63) is 42.2 Å². The van der Waals surface area contributed by atoms with E-state index in [2.05, 4.69) is 5.16 Å². The number of sulfone groups is 1. The molecular formula is C17H22N2O5S2. The van der Waals surface area contributed by atoms with Crippen molar-refractivity contribution in [3.63, 3.8) is 0 Å². The lowest BCUT2D eigenvalue weighted by Crippen LogP contribution is -2.29. The lowest BCUT2D eigenvalue weighted by Gasteiger charge is -2.16. The lowest BCUT2D eigenvalue weighted by atomic mass is 10.1. The zero-order valence-corrected chi connectivity index (χ0v) is 16.2. The molecule has 142 valence electrons. The highest BCUT2D eigenvalue weighted by Gasteiger charge is 2.30. The minimum absolute atomic E-state index is 0.0661. The van der Waals surface area contributed by atoms with Crippen LogP contribution in [0, 0.1) is 5.92 Å². The number of sulfonamides is 1. The molecule has 0 N–H and O–H groups in total. The van der Waals surface area contributed by atoms with Crippen molar-refractivity contribution in [2.45, 2.75) is 19.4 Å². The molecule has 0 radical (unpaired) electrons. The van der Waals surface area contributed by atoms with Crippen LogP contribution in [0.25, 0.3) is 11.3 Å². The number of hydrogen-bond acceptors (Lipinski definition) is 6. The van der Waals surface area contributed by atoms with Crippen LogP contribution in [-0.2, 0) is 26.4 Å². The molecule has 3 rings (SSSR count). The zero-order chi connectivity index (χ0) is 18.8. The zero-order valence-electron chi connectivity index (χ0n) is 14.5. The van der Waals surface area contributed by atoms with Crippen LogP contribution in [0.15, 0.2) is 40.9 Å². The van der Waals surface area contributed by atoms with Crippen molar-refractivity contribution in [1.82, 2.24) is 9.46 Å². The van der Waals surface area contributed by atoms with Gasteiger partial charge in [-0.3, -0.25) is 0 Å². The summed E-state index contributed by atoms with van der Waals surface area (Å²) in [6.45, 7) is 0.0884. The Hall–Kier alpha value is -1.71. The van der Waals surface area contributed by atoms with Gasteiger partial charge >= 0.3 is 0 Å². The summed E-state index contributed by atoms with van der Waals surface area (Å²) < 4.78 is 54.3. The van der Waals surface area contributed by atoms with E-state index in [1.165, 1.54) is 11.4 Å². The fourth-order valence-corrected chi connectivity index (χ4v) is 6.20. The van der Waals surface area contributed by atoms with Gasteiger partial charge in [0.1, 0.15) is 5.69 Å². The highest BCUT2D eigenvalue weighted by molar-refractivity contribution is 7.91. The van der Waals surface area contributed by atoms with Gasteiger partial charge in [0.05, 0.1) is 23.8 Å². The van der Waals surface area contributed by atoms with Gasteiger partial charge in [0.25, 0.3) is 0 Å². The maximum Gasteiger partial charge on any atom is 0.214 e. The summed E-state index contributed by atoms with van der Waals surface area (Å²) in [5.41, 5.74) is 1.55. The highest BCUT2D eigenvalue weighted by atomic mass is 32.2. The monoisotopic (exact) mass is 398 g/mol. The van der Waals surface area contributed by atoms with Gasteiger partial charge in [-0.2, -0.15) is 4.31 Å². The van der Waals surface area contributed by atoms with Crippen LogP contribution < -0.4 is 0 Å². The van der Waals surface area contributed by atoms with Gasteiger partial charge in [-0.05, 0) is 18.8 Å². The van der Waals surface area contributed by atoms with Crippen molar-refractivity contribution >= 4 is 19.9 Å². The minimum atomic E-state index is -3.49. The Labute approximate surface area is 154 Å². The van der Waals surface area contributed by atoms with E-state index in [-0.39, 0.29) is 29.7 Å². The Kier molecular flexibility index (Phi) is 5.50. The van der Waals surface area contributed by atoms with Crippen molar-refractivity contribution < 1.29 is 21.4 Å². The van der Waals surface area contributed by atoms with Crippen molar-refractivity contribution in [2.24, 2.45) is 5.92 Å². The Morgan fingerprint density at radius 3 is 2.65 bits per heavy atom. The van der Waals surface area contributed by atoms with Crippen LogP contribution in [0.4, 0.5) is 0 Å². The number of nitrogens with zero attached hydrogens (tertiary/aromatic N) is 2. The third kappa shape index (κ3) is 4.72. The first-order valence-electron chi connectivity index (χ1n) is 8.41. The van der Waals surface area contributed by atoms with E-state index in [0.717, 1.165) is 5.56 Å². The second kappa shape index (κ2) is 7.50. The van der Waals surface area contributed by atoms with Gasteiger partial charge in [0, 0.05) is 18.7 Å². The molecule has 2 aromatic rings. The molecule has 1 fully saturated rings. The molecule has 1 aliphatic rings. The molecule has 0 amide bonds. The van der Waals surface area contributed by atoms with Crippen LogP contribution in [0.1, 0.15) is 18.6 Å². The van der Waals surface area contributed by atoms with Gasteiger partial charge in [-0.25, -0.2) is 16.8 Å². The van der Waals surface area contributed by atoms with Gasteiger partial charge in [-0.1, -0.05) is 35.5 Å². The molecule has 2 heterocycles. The molecule has 26 heavy (non-hydrogen) atoms. The van der Waals surface area contributed by atoms with E-state index in [9.17, 15) is 16.8 Å². The molecule has 1 aliphatic heterocycles.